The Balaban J connectivity index is 2.46. The zero-order chi connectivity index (χ0) is 12.0. The number of halogens is 3. The molecule has 0 aliphatic heterocycles. The summed E-state index contributed by atoms with van der Waals surface area (Å²) in [5.41, 5.74) is 3.93. The molecule has 1 aromatic carbocycles. The molecule has 1 aliphatic carbocycles. The van der Waals surface area contributed by atoms with Crippen LogP contribution in [0.4, 0.5) is 13.2 Å². The molecule has 0 unspecified atom stereocenters. The van der Waals surface area contributed by atoms with Crippen molar-refractivity contribution in [3.05, 3.63) is 35.4 Å². The first-order valence-corrected chi connectivity index (χ1v) is 4.80. The number of benzene rings is 1. The first-order valence-electron chi connectivity index (χ1n) is 4.80. The van der Waals surface area contributed by atoms with Crippen LogP contribution < -0.4 is 5.73 Å². The fourth-order valence-corrected chi connectivity index (χ4v) is 2.01. The minimum Gasteiger partial charge on any atom is -0.321 e. The Morgan fingerprint density at radius 2 is 1.75 bits per heavy atom. The Morgan fingerprint density at radius 3 is 2.25 bits per heavy atom. The molecule has 0 atom stereocenters. The lowest BCUT2D eigenvalue weighted by Gasteiger charge is -2.38. The van der Waals surface area contributed by atoms with E-state index in [-0.39, 0.29) is 24.2 Å². The number of nitrogens with two attached hydrogens (primary N) is 1. The van der Waals surface area contributed by atoms with E-state index in [4.69, 9.17) is 5.73 Å². The third-order valence-corrected chi connectivity index (χ3v) is 2.79. The predicted octanol–water partition coefficient (Wildman–Crippen LogP) is 2.22. The molecule has 5 heteroatoms. The SMILES string of the molecule is NC1(c2ccccc2C(F)(F)F)CC(=O)C1. The molecule has 0 saturated heterocycles. The Hall–Kier alpha value is -1.36. The Morgan fingerprint density at radius 1 is 1.19 bits per heavy atom. The van der Waals surface area contributed by atoms with Crippen molar-refractivity contribution in [2.24, 2.45) is 5.73 Å². The van der Waals surface area contributed by atoms with Crippen molar-refractivity contribution < 1.29 is 18.0 Å². The topological polar surface area (TPSA) is 43.1 Å². The van der Waals surface area contributed by atoms with Crippen LogP contribution in [0.15, 0.2) is 24.3 Å². The lowest BCUT2D eigenvalue weighted by molar-refractivity contribution is -0.141. The van der Waals surface area contributed by atoms with Gasteiger partial charge in [0.1, 0.15) is 5.78 Å². The van der Waals surface area contributed by atoms with Crippen LogP contribution in [0.3, 0.4) is 0 Å². The summed E-state index contributed by atoms with van der Waals surface area (Å²) in [6.45, 7) is 0. The summed E-state index contributed by atoms with van der Waals surface area (Å²) >= 11 is 0. The van der Waals surface area contributed by atoms with Crippen molar-refractivity contribution in [1.82, 2.24) is 0 Å². The van der Waals surface area contributed by atoms with E-state index in [1.807, 2.05) is 0 Å². The molecule has 0 radical (unpaired) electrons. The number of hydrogen-bond donors (Lipinski definition) is 1. The van der Waals surface area contributed by atoms with E-state index in [0.29, 0.717) is 0 Å². The minimum atomic E-state index is -4.43. The van der Waals surface area contributed by atoms with E-state index in [1.165, 1.54) is 18.2 Å². The van der Waals surface area contributed by atoms with Crippen molar-refractivity contribution in [3.8, 4) is 0 Å². The first kappa shape index (κ1) is 11.1. The Bertz CT molecular complexity index is 431. The number of alkyl halides is 3. The smallest absolute Gasteiger partial charge is 0.321 e. The molecule has 0 heterocycles. The van der Waals surface area contributed by atoms with Crippen LogP contribution in [-0.4, -0.2) is 5.78 Å². The zero-order valence-corrected chi connectivity index (χ0v) is 8.34. The van der Waals surface area contributed by atoms with Crippen molar-refractivity contribution >= 4 is 5.78 Å². The highest BCUT2D eigenvalue weighted by molar-refractivity contribution is 5.88. The standard InChI is InChI=1S/C11H10F3NO/c12-11(13,14)9-4-2-1-3-8(9)10(15)5-7(16)6-10/h1-4H,5-6,15H2. The van der Waals surface area contributed by atoms with Gasteiger partial charge in [0.15, 0.2) is 0 Å². The molecule has 2 nitrogen and oxygen atoms in total. The van der Waals surface area contributed by atoms with Crippen LogP contribution in [0, 0.1) is 0 Å². The van der Waals surface area contributed by atoms with E-state index in [9.17, 15) is 18.0 Å². The van der Waals surface area contributed by atoms with E-state index in [2.05, 4.69) is 0 Å². The normalized spacial score (nSPS) is 19.4. The molecule has 0 spiro atoms. The van der Waals surface area contributed by atoms with E-state index in [0.717, 1.165) is 6.07 Å². The number of rotatable bonds is 1. The maximum atomic E-state index is 12.7. The minimum absolute atomic E-state index is 0.0138. The van der Waals surface area contributed by atoms with Crippen LogP contribution >= 0.6 is 0 Å². The number of hydrogen-bond acceptors (Lipinski definition) is 2. The van der Waals surface area contributed by atoms with Gasteiger partial charge in [-0.3, -0.25) is 4.79 Å². The van der Waals surface area contributed by atoms with Crippen LogP contribution in [0.2, 0.25) is 0 Å². The molecule has 0 aromatic heterocycles. The highest BCUT2D eigenvalue weighted by Gasteiger charge is 2.46. The van der Waals surface area contributed by atoms with Gasteiger partial charge in [0.2, 0.25) is 0 Å². The lowest BCUT2D eigenvalue weighted by atomic mass is 9.70. The third kappa shape index (κ3) is 1.71. The van der Waals surface area contributed by atoms with E-state index in [1.54, 1.807) is 0 Å². The Labute approximate surface area is 90.2 Å². The summed E-state index contributed by atoms with van der Waals surface area (Å²) in [6.07, 6.45) is -4.46. The molecule has 1 aliphatic rings. The average molecular weight is 229 g/mol. The fourth-order valence-electron chi connectivity index (χ4n) is 2.01. The van der Waals surface area contributed by atoms with Gasteiger partial charge in [-0.2, -0.15) is 13.2 Å². The number of Topliss-reactive ketones (excluding diaryl/α,β-unsaturated/α-hetero) is 1. The van der Waals surface area contributed by atoms with Gasteiger partial charge in [-0.05, 0) is 11.6 Å². The van der Waals surface area contributed by atoms with Gasteiger partial charge in [0, 0.05) is 12.8 Å². The lowest BCUT2D eigenvalue weighted by Crippen LogP contribution is -2.50. The predicted molar refractivity (Wildman–Crippen MR) is 51.6 cm³/mol. The second-order valence-corrected chi connectivity index (χ2v) is 4.09. The van der Waals surface area contributed by atoms with Crippen molar-refractivity contribution in [2.45, 2.75) is 24.6 Å². The molecule has 2 rings (SSSR count). The molecule has 86 valence electrons. The average Bonchev–Trinajstić information content (AvgIpc) is 2.14. The van der Waals surface area contributed by atoms with Crippen LogP contribution in [-0.2, 0) is 16.5 Å². The first-order chi connectivity index (χ1) is 7.33. The van der Waals surface area contributed by atoms with Gasteiger partial charge < -0.3 is 5.73 Å². The van der Waals surface area contributed by atoms with Crippen LogP contribution in [0.25, 0.3) is 0 Å². The molecule has 1 fully saturated rings. The molecule has 0 amide bonds. The van der Waals surface area contributed by atoms with Gasteiger partial charge in [0.05, 0.1) is 11.1 Å². The summed E-state index contributed by atoms with van der Waals surface area (Å²) in [6, 6.07) is 5.15. The highest BCUT2D eigenvalue weighted by Crippen LogP contribution is 2.42. The monoisotopic (exact) mass is 229 g/mol. The molecule has 1 saturated carbocycles. The summed E-state index contributed by atoms with van der Waals surface area (Å²) in [4.78, 5) is 10.9. The van der Waals surface area contributed by atoms with Gasteiger partial charge in [0.25, 0.3) is 0 Å². The number of carbonyl (C=O) groups excluding carboxylic acids is 1. The molecule has 16 heavy (non-hydrogen) atoms. The number of carbonyl (C=O) groups is 1. The van der Waals surface area contributed by atoms with Gasteiger partial charge >= 0.3 is 6.18 Å². The molecule has 2 N–H and O–H groups in total. The van der Waals surface area contributed by atoms with Crippen LogP contribution in [0.5, 0.6) is 0 Å². The van der Waals surface area contributed by atoms with Gasteiger partial charge in [-0.1, -0.05) is 18.2 Å². The van der Waals surface area contributed by atoms with E-state index < -0.39 is 17.3 Å². The largest absolute Gasteiger partial charge is 0.416 e. The summed E-state index contributed by atoms with van der Waals surface area (Å²) in [5.74, 6) is -0.0977. The van der Waals surface area contributed by atoms with Gasteiger partial charge in [-0.25, -0.2) is 0 Å². The van der Waals surface area contributed by atoms with Crippen molar-refractivity contribution in [1.29, 1.82) is 0 Å². The summed E-state index contributed by atoms with van der Waals surface area (Å²) in [5, 5.41) is 0. The fraction of sp³-hybridized carbons (Fsp3) is 0.364. The highest BCUT2D eigenvalue weighted by atomic mass is 19.4. The van der Waals surface area contributed by atoms with Crippen molar-refractivity contribution in [2.75, 3.05) is 0 Å². The number of ketones is 1. The second-order valence-electron chi connectivity index (χ2n) is 4.09. The van der Waals surface area contributed by atoms with Gasteiger partial charge in [-0.15, -0.1) is 0 Å². The summed E-state index contributed by atoms with van der Waals surface area (Å²) < 4.78 is 38.1. The summed E-state index contributed by atoms with van der Waals surface area (Å²) in [7, 11) is 0. The third-order valence-electron chi connectivity index (χ3n) is 2.79. The molecule has 1 aromatic rings. The maximum absolute atomic E-state index is 12.7. The van der Waals surface area contributed by atoms with Crippen molar-refractivity contribution in [3.63, 3.8) is 0 Å². The molecular formula is C11H10F3NO. The molecule has 0 bridgehead atoms. The molecular weight excluding hydrogens is 219 g/mol. The quantitative estimate of drug-likeness (QED) is 0.802. The zero-order valence-electron chi connectivity index (χ0n) is 8.34. The maximum Gasteiger partial charge on any atom is 0.416 e. The Kier molecular flexibility index (Phi) is 2.31. The second kappa shape index (κ2) is 3.31. The van der Waals surface area contributed by atoms with Crippen LogP contribution in [0.1, 0.15) is 24.0 Å². The van der Waals surface area contributed by atoms with E-state index >= 15 is 0 Å².